The zero-order valence-electron chi connectivity index (χ0n) is 16.8. The molecule has 28 heavy (non-hydrogen) atoms. The molecule has 1 fully saturated rings. The molecule has 0 spiro atoms. The van der Waals surface area contributed by atoms with Crippen molar-refractivity contribution in [3.8, 4) is 0 Å². The van der Waals surface area contributed by atoms with E-state index in [-0.39, 0.29) is 28.9 Å². The van der Waals surface area contributed by atoms with Crippen molar-refractivity contribution in [3.05, 3.63) is 46.7 Å². The van der Waals surface area contributed by atoms with Crippen LogP contribution in [-0.2, 0) is 16.6 Å². The number of aryl methyl sites for hydroxylation is 3. The molecule has 0 saturated carbocycles. The predicted octanol–water partition coefficient (Wildman–Crippen LogP) is 2.95. The zero-order chi connectivity index (χ0) is 20.5. The van der Waals surface area contributed by atoms with Crippen LogP contribution in [0.5, 0.6) is 0 Å². The van der Waals surface area contributed by atoms with E-state index in [2.05, 4.69) is 16.6 Å². The third-order valence-corrected chi connectivity index (χ3v) is 6.72. The molecule has 1 amide bonds. The van der Waals surface area contributed by atoms with Crippen LogP contribution in [0.4, 0.5) is 0 Å². The minimum absolute atomic E-state index is 0.111. The first kappa shape index (κ1) is 20.5. The van der Waals surface area contributed by atoms with Crippen molar-refractivity contribution in [2.75, 3.05) is 13.1 Å². The molecule has 2 aromatic rings. The van der Waals surface area contributed by atoms with Crippen molar-refractivity contribution < 1.29 is 17.6 Å². The Kier molecular flexibility index (Phi) is 5.90. The topological polar surface area (TPSA) is 92.5 Å². The predicted molar refractivity (Wildman–Crippen MR) is 105 cm³/mol. The van der Waals surface area contributed by atoms with Gasteiger partial charge in [-0.3, -0.25) is 4.79 Å². The molecule has 1 aliphatic heterocycles. The van der Waals surface area contributed by atoms with Crippen LogP contribution in [0.15, 0.2) is 27.5 Å². The summed E-state index contributed by atoms with van der Waals surface area (Å²) in [5.41, 5.74) is 2.19. The second kappa shape index (κ2) is 8.05. The van der Waals surface area contributed by atoms with E-state index in [1.165, 1.54) is 0 Å². The smallest absolute Gasteiger partial charge is 0.276 e. The summed E-state index contributed by atoms with van der Waals surface area (Å²) >= 11 is 0. The van der Waals surface area contributed by atoms with Gasteiger partial charge in [0.2, 0.25) is 15.9 Å². The van der Waals surface area contributed by atoms with Gasteiger partial charge in [-0.2, -0.15) is 0 Å². The molecule has 1 aromatic carbocycles. The number of aromatic nitrogens is 1. The fourth-order valence-corrected chi connectivity index (χ4v) is 4.27. The molecule has 3 rings (SSSR count). The Hall–Kier alpha value is -2.19. The van der Waals surface area contributed by atoms with Crippen LogP contribution in [0.25, 0.3) is 0 Å². The lowest BCUT2D eigenvalue weighted by Crippen LogP contribution is -2.38. The van der Waals surface area contributed by atoms with E-state index in [0.29, 0.717) is 24.8 Å². The summed E-state index contributed by atoms with van der Waals surface area (Å²) in [6.07, 6.45) is 1.95. The van der Waals surface area contributed by atoms with Crippen molar-refractivity contribution in [2.24, 2.45) is 5.92 Å². The number of amides is 1. The minimum atomic E-state index is -3.69. The number of piperidine rings is 1. The van der Waals surface area contributed by atoms with E-state index >= 15 is 0 Å². The van der Waals surface area contributed by atoms with E-state index < -0.39 is 10.0 Å². The molecule has 152 valence electrons. The van der Waals surface area contributed by atoms with Gasteiger partial charge in [-0.25, -0.2) is 18.1 Å². The summed E-state index contributed by atoms with van der Waals surface area (Å²) in [6, 6.07) is 4.97. The largest absolute Gasteiger partial charge is 0.444 e. The van der Waals surface area contributed by atoms with Crippen molar-refractivity contribution in [2.45, 2.75) is 52.0 Å². The molecule has 2 heterocycles. The zero-order valence-corrected chi connectivity index (χ0v) is 17.6. The second-order valence-electron chi connectivity index (χ2n) is 7.56. The lowest BCUT2D eigenvalue weighted by molar-refractivity contribution is 0.0690. The number of carbonyl (C=O) groups is 1. The van der Waals surface area contributed by atoms with E-state index in [4.69, 9.17) is 4.42 Å². The van der Waals surface area contributed by atoms with Crippen molar-refractivity contribution in [1.29, 1.82) is 0 Å². The molecule has 0 aliphatic carbocycles. The van der Waals surface area contributed by atoms with E-state index in [9.17, 15) is 13.2 Å². The lowest BCUT2D eigenvalue weighted by atomic mass is 9.99. The normalized spacial score (nSPS) is 15.8. The summed E-state index contributed by atoms with van der Waals surface area (Å²) in [4.78, 5) is 18.9. The Morgan fingerprint density at radius 3 is 2.54 bits per heavy atom. The van der Waals surface area contributed by atoms with Gasteiger partial charge in [0.25, 0.3) is 5.91 Å². The Bertz CT molecular complexity index is 973. The maximum absolute atomic E-state index is 12.7. The second-order valence-corrected chi connectivity index (χ2v) is 9.32. The number of likely N-dealkylation sites (tertiary alicyclic amines) is 1. The number of carbonyl (C=O) groups excluding carboxylic acids is 1. The van der Waals surface area contributed by atoms with Gasteiger partial charge in [0.05, 0.1) is 11.4 Å². The quantitative estimate of drug-likeness (QED) is 0.826. The maximum atomic E-state index is 12.7. The first-order valence-corrected chi connectivity index (χ1v) is 11.0. The molecule has 1 saturated heterocycles. The van der Waals surface area contributed by atoms with Crippen molar-refractivity contribution >= 4 is 15.9 Å². The number of sulfonamides is 1. The maximum Gasteiger partial charge on any atom is 0.276 e. The van der Waals surface area contributed by atoms with Gasteiger partial charge < -0.3 is 9.32 Å². The molecule has 0 atom stereocenters. The van der Waals surface area contributed by atoms with E-state index in [1.807, 2.05) is 13.8 Å². The molecular weight excluding hydrogens is 378 g/mol. The van der Waals surface area contributed by atoms with Crippen LogP contribution in [0.3, 0.4) is 0 Å². The van der Waals surface area contributed by atoms with Gasteiger partial charge >= 0.3 is 0 Å². The van der Waals surface area contributed by atoms with Crippen LogP contribution in [0.1, 0.15) is 53.0 Å². The summed E-state index contributed by atoms with van der Waals surface area (Å²) in [5, 5.41) is 0. The third-order valence-electron chi connectivity index (χ3n) is 5.32. The molecule has 8 heteroatoms. The number of hydrogen-bond donors (Lipinski definition) is 1. The van der Waals surface area contributed by atoms with Gasteiger partial charge in [-0.1, -0.05) is 13.0 Å². The first-order valence-electron chi connectivity index (χ1n) is 9.50. The average molecular weight is 406 g/mol. The minimum Gasteiger partial charge on any atom is -0.444 e. The molecule has 1 N–H and O–H groups in total. The summed E-state index contributed by atoms with van der Waals surface area (Å²) in [7, 11) is -3.69. The molecule has 0 bridgehead atoms. The molecular formula is C20H27N3O4S. The van der Waals surface area contributed by atoms with Gasteiger partial charge in [-0.15, -0.1) is 0 Å². The number of nitrogens with zero attached hydrogens (tertiary/aromatic N) is 2. The van der Waals surface area contributed by atoms with Gasteiger partial charge in [0.15, 0.2) is 5.69 Å². The Morgan fingerprint density at radius 2 is 1.89 bits per heavy atom. The SMILES string of the molecule is Cc1ccc(S(=O)(=O)NCc2nc(C(=O)N3CCC(C)CC3)c(C)o2)cc1C. The van der Waals surface area contributed by atoms with Crippen LogP contribution in [0.2, 0.25) is 0 Å². The number of rotatable bonds is 5. The highest BCUT2D eigenvalue weighted by Crippen LogP contribution is 2.20. The summed E-state index contributed by atoms with van der Waals surface area (Å²) in [5.74, 6) is 1.05. The van der Waals surface area contributed by atoms with Crippen LogP contribution < -0.4 is 4.72 Å². The third kappa shape index (κ3) is 4.44. The van der Waals surface area contributed by atoms with Crippen molar-refractivity contribution in [3.63, 3.8) is 0 Å². The first-order chi connectivity index (χ1) is 13.2. The Labute approximate surface area is 166 Å². The molecule has 1 aromatic heterocycles. The number of benzene rings is 1. The number of hydrogen-bond acceptors (Lipinski definition) is 5. The number of nitrogens with one attached hydrogen (secondary N) is 1. The summed E-state index contributed by atoms with van der Waals surface area (Å²) < 4.78 is 33.1. The fourth-order valence-electron chi connectivity index (χ4n) is 3.21. The highest BCUT2D eigenvalue weighted by Gasteiger charge is 2.26. The van der Waals surface area contributed by atoms with E-state index in [0.717, 1.165) is 24.0 Å². The Morgan fingerprint density at radius 1 is 1.21 bits per heavy atom. The average Bonchev–Trinajstić information content (AvgIpc) is 3.03. The summed E-state index contributed by atoms with van der Waals surface area (Å²) in [6.45, 7) is 8.96. The monoisotopic (exact) mass is 405 g/mol. The molecule has 0 radical (unpaired) electrons. The van der Waals surface area contributed by atoms with Gasteiger partial charge in [0, 0.05) is 13.1 Å². The Balaban J connectivity index is 1.69. The standard InChI is InChI=1S/C20H27N3O4S/c1-13-7-9-23(10-8-13)20(24)19-16(4)27-18(22-19)12-21-28(25,26)17-6-5-14(2)15(3)11-17/h5-6,11,13,21H,7-10,12H2,1-4H3. The van der Waals surface area contributed by atoms with Gasteiger partial charge in [0.1, 0.15) is 5.76 Å². The highest BCUT2D eigenvalue weighted by molar-refractivity contribution is 7.89. The van der Waals surface area contributed by atoms with Crippen LogP contribution in [0, 0.1) is 26.7 Å². The lowest BCUT2D eigenvalue weighted by Gasteiger charge is -2.29. The molecule has 7 nitrogen and oxygen atoms in total. The molecule has 1 aliphatic rings. The fraction of sp³-hybridized carbons (Fsp3) is 0.500. The van der Waals surface area contributed by atoms with Crippen molar-refractivity contribution in [1.82, 2.24) is 14.6 Å². The van der Waals surface area contributed by atoms with Crippen LogP contribution in [-0.4, -0.2) is 37.3 Å². The van der Waals surface area contributed by atoms with E-state index in [1.54, 1.807) is 30.0 Å². The van der Waals surface area contributed by atoms with Crippen LogP contribution >= 0.6 is 0 Å². The highest BCUT2D eigenvalue weighted by atomic mass is 32.2. The van der Waals surface area contributed by atoms with Gasteiger partial charge in [-0.05, 0) is 62.8 Å². The molecule has 0 unspecified atom stereocenters. The number of oxazole rings is 1.